The lowest BCUT2D eigenvalue weighted by Gasteiger charge is -2.30. The first kappa shape index (κ1) is 12.3. The maximum atomic E-state index is 11.9. The van der Waals surface area contributed by atoms with E-state index in [0.29, 0.717) is 38.0 Å². The standard InChI is InChI=1S/C10H21N3O2S/c11-7-9-3-5-13(6-4-9)16(14,15)12-8-10-1-2-10/h9-10,12H,1-8,11H2. The van der Waals surface area contributed by atoms with Gasteiger partial charge in [-0.15, -0.1) is 0 Å². The molecule has 3 N–H and O–H groups in total. The molecule has 0 radical (unpaired) electrons. The second-order valence-electron chi connectivity index (χ2n) is 4.88. The molecule has 0 aromatic heterocycles. The van der Waals surface area contributed by atoms with Crippen molar-refractivity contribution >= 4 is 10.2 Å². The summed E-state index contributed by atoms with van der Waals surface area (Å²) in [4.78, 5) is 0. The highest BCUT2D eigenvalue weighted by atomic mass is 32.2. The summed E-state index contributed by atoms with van der Waals surface area (Å²) in [6.45, 7) is 2.51. The van der Waals surface area contributed by atoms with Gasteiger partial charge in [0.05, 0.1) is 0 Å². The molecule has 0 aromatic rings. The molecule has 5 nitrogen and oxygen atoms in total. The van der Waals surface area contributed by atoms with Gasteiger partial charge in [-0.1, -0.05) is 0 Å². The maximum Gasteiger partial charge on any atom is 0.279 e. The van der Waals surface area contributed by atoms with E-state index in [1.165, 1.54) is 0 Å². The van der Waals surface area contributed by atoms with Crippen LogP contribution < -0.4 is 10.5 Å². The molecule has 0 unspecified atom stereocenters. The van der Waals surface area contributed by atoms with Crippen LogP contribution in [0.25, 0.3) is 0 Å². The Bertz CT molecular complexity index is 319. The predicted octanol–water partition coefficient (Wildman–Crippen LogP) is -0.0985. The highest BCUT2D eigenvalue weighted by Gasteiger charge is 2.29. The first-order valence-corrected chi connectivity index (χ1v) is 7.50. The van der Waals surface area contributed by atoms with Gasteiger partial charge in [0.1, 0.15) is 0 Å². The van der Waals surface area contributed by atoms with Gasteiger partial charge in [-0.25, -0.2) is 4.72 Å². The van der Waals surface area contributed by atoms with Gasteiger partial charge in [0.2, 0.25) is 0 Å². The largest absolute Gasteiger partial charge is 0.330 e. The second-order valence-corrected chi connectivity index (χ2v) is 6.63. The number of nitrogens with zero attached hydrogens (tertiary/aromatic N) is 1. The van der Waals surface area contributed by atoms with E-state index < -0.39 is 10.2 Å². The van der Waals surface area contributed by atoms with E-state index in [0.717, 1.165) is 25.7 Å². The molecule has 16 heavy (non-hydrogen) atoms. The molecule has 0 bridgehead atoms. The Hall–Kier alpha value is -0.170. The molecule has 1 heterocycles. The fourth-order valence-corrected chi connectivity index (χ4v) is 3.34. The Kier molecular flexibility index (Phi) is 3.84. The van der Waals surface area contributed by atoms with Crippen LogP contribution in [-0.4, -0.2) is 38.9 Å². The minimum Gasteiger partial charge on any atom is -0.330 e. The molecule has 2 aliphatic rings. The molecular formula is C10H21N3O2S. The molecule has 0 aromatic carbocycles. The number of piperidine rings is 1. The van der Waals surface area contributed by atoms with Crippen LogP contribution in [-0.2, 0) is 10.2 Å². The highest BCUT2D eigenvalue weighted by Crippen LogP contribution is 2.28. The Morgan fingerprint density at radius 1 is 1.12 bits per heavy atom. The molecule has 1 saturated carbocycles. The van der Waals surface area contributed by atoms with E-state index in [1.54, 1.807) is 4.31 Å². The van der Waals surface area contributed by atoms with Gasteiger partial charge in [-0.05, 0) is 44.1 Å². The van der Waals surface area contributed by atoms with Crippen LogP contribution in [0.5, 0.6) is 0 Å². The van der Waals surface area contributed by atoms with Crippen LogP contribution in [0.15, 0.2) is 0 Å². The summed E-state index contributed by atoms with van der Waals surface area (Å²) in [7, 11) is -3.23. The molecule has 6 heteroatoms. The van der Waals surface area contributed by atoms with Gasteiger partial charge in [0, 0.05) is 19.6 Å². The number of hydrogen-bond acceptors (Lipinski definition) is 3. The average molecular weight is 247 g/mol. The Labute approximate surface area is 97.6 Å². The topological polar surface area (TPSA) is 75.4 Å². The quantitative estimate of drug-likeness (QED) is 0.712. The Morgan fingerprint density at radius 2 is 1.75 bits per heavy atom. The Balaban J connectivity index is 1.81. The molecule has 0 amide bonds. The van der Waals surface area contributed by atoms with Crippen molar-refractivity contribution in [3.63, 3.8) is 0 Å². The SMILES string of the molecule is NCC1CCN(S(=O)(=O)NCC2CC2)CC1. The summed E-state index contributed by atoms with van der Waals surface area (Å²) in [6.07, 6.45) is 4.11. The van der Waals surface area contributed by atoms with E-state index in [4.69, 9.17) is 5.73 Å². The number of rotatable bonds is 5. The van der Waals surface area contributed by atoms with Crippen LogP contribution in [0, 0.1) is 11.8 Å². The summed E-state index contributed by atoms with van der Waals surface area (Å²) in [5, 5.41) is 0. The van der Waals surface area contributed by atoms with Gasteiger partial charge >= 0.3 is 0 Å². The predicted molar refractivity (Wildman–Crippen MR) is 63.0 cm³/mol. The van der Waals surface area contributed by atoms with Crippen molar-refractivity contribution < 1.29 is 8.42 Å². The minimum atomic E-state index is -3.23. The summed E-state index contributed by atoms with van der Waals surface area (Å²) >= 11 is 0. The first-order chi connectivity index (χ1) is 7.62. The van der Waals surface area contributed by atoms with Gasteiger partial charge in [0.15, 0.2) is 0 Å². The van der Waals surface area contributed by atoms with Crippen LogP contribution in [0.4, 0.5) is 0 Å². The Morgan fingerprint density at radius 3 is 2.25 bits per heavy atom. The van der Waals surface area contributed by atoms with Crippen molar-refractivity contribution in [1.29, 1.82) is 0 Å². The highest BCUT2D eigenvalue weighted by molar-refractivity contribution is 7.87. The van der Waals surface area contributed by atoms with Crippen LogP contribution in [0.1, 0.15) is 25.7 Å². The lowest BCUT2D eigenvalue weighted by molar-refractivity contribution is 0.275. The van der Waals surface area contributed by atoms with E-state index in [2.05, 4.69) is 4.72 Å². The number of nitrogens with two attached hydrogens (primary N) is 1. The first-order valence-electron chi connectivity index (χ1n) is 6.06. The fourth-order valence-electron chi connectivity index (χ4n) is 2.02. The van der Waals surface area contributed by atoms with E-state index in [1.807, 2.05) is 0 Å². The number of nitrogens with one attached hydrogen (secondary N) is 1. The van der Waals surface area contributed by atoms with Gasteiger partial charge < -0.3 is 5.73 Å². The average Bonchev–Trinajstić information content (AvgIpc) is 3.10. The zero-order valence-electron chi connectivity index (χ0n) is 9.56. The third kappa shape index (κ3) is 3.16. The molecular weight excluding hydrogens is 226 g/mol. The summed E-state index contributed by atoms with van der Waals surface area (Å²) in [6, 6.07) is 0. The fraction of sp³-hybridized carbons (Fsp3) is 1.00. The van der Waals surface area contributed by atoms with E-state index in [9.17, 15) is 8.42 Å². The van der Waals surface area contributed by atoms with E-state index in [-0.39, 0.29) is 0 Å². The number of hydrogen-bond donors (Lipinski definition) is 2. The van der Waals surface area contributed by atoms with Crippen molar-refractivity contribution in [3.8, 4) is 0 Å². The molecule has 1 aliphatic carbocycles. The van der Waals surface area contributed by atoms with Crippen LogP contribution in [0.2, 0.25) is 0 Å². The van der Waals surface area contributed by atoms with E-state index >= 15 is 0 Å². The van der Waals surface area contributed by atoms with Crippen molar-refractivity contribution in [3.05, 3.63) is 0 Å². The van der Waals surface area contributed by atoms with Crippen molar-refractivity contribution in [2.45, 2.75) is 25.7 Å². The van der Waals surface area contributed by atoms with Crippen molar-refractivity contribution in [1.82, 2.24) is 9.03 Å². The van der Waals surface area contributed by atoms with Crippen LogP contribution >= 0.6 is 0 Å². The second kappa shape index (κ2) is 5.00. The molecule has 2 rings (SSSR count). The zero-order chi connectivity index (χ0) is 11.6. The zero-order valence-corrected chi connectivity index (χ0v) is 10.4. The molecule has 1 aliphatic heterocycles. The molecule has 94 valence electrons. The summed E-state index contributed by atoms with van der Waals surface area (Å²) in [5.74, 6) is 1.08. The summed E-state index contributed by atoms with van der Waals surface area (Å²) in [5.41, 5.74) is 5.58. The molecule has 2 fully saturated rings. The van der Waals surface area contributed by atoms with Crippen LogP contribution in [0.3, 0.4) is 0 Å². The van der Waals surface area contributed by atoms with Gasteiger partial charge in [0.25, 0.3) is 10.2 Å². The maximum absolute atomic E-state index is 11.9. The molecule has 0 spiro atoms. The lowest BCUT2D eigenvalue weighted by atomic mass is 9.99. The summed E-state index contributed by atoms with van der Waals surface area (Å²) < 4.78 is 28.0. The van der Waals surface area contributed by atoms with Crippen molar-refractivity contribution in [2.24, 2.45) is 17.6 Å². The van der Waals surface area contributed by atoms with Gasteiger partial charge in [-0.2, -0.15) is 12.7 Å². The third-order valence-electron chi connectivity index (χ3n) is 3.50. The monoisotopic (exact) mass is 247 g/mol. The van der Waals surface area contributed by atoms with Crippen molar-refractivity contribution in [2.75, 3.05) is 26.2 Å². The molecule has 0 atom stereocenters. The van der Waals surface area contributed by atoms with Gasteiger partial charge in [-0.3, -0.25) is 0 Å². The third-order valence-corrected chi connectivity index (χ3v) is 5.07. The molecule has 1 saturated heterocycles. The lowest BCUT2D eigenvalue weighted by Crippen LogP contribution is -2.46. The normalized spacial score (nSPS) is 24.8. The minimum absolute atomic E-state index is 0.495. The smallest absolute Gasteiger partial charge is 0.279 e.